The van der Waals surface area contributed by atoms with Crippen LogP contribution in [0, 0.1) is 0 Å². The van der Waals surface area contributed by atoms with E-state index in [2.05, 4.69) is 9.55 Å². The number of rotatable bonds is 7. The second-order valence-corrected chi connectivity index (χ2v) is 7.11. The molecule has 0 unspecified atom stereocenters. The Bertz CT molecular complexity index is 942. The van der Waals surface area contributed by atoms with Gasteiger partial charge in [-0.25, -0.2) is 9.97 Å². The van der Waals surface area contributed by atoms with E-state index < -0.39 is 5.91 Å². The Hall–Kier alpha value is -2.71. The van der Waals surface area contributed by atoms with Crippen LogP contribution in [0.2, 0.25) is 0 Å². The van der Waals surface area contributed by atoms with E-state index in [-0.39, 0.29) is 6.10 Å². The van der Waals surface area contributed by atoms with Crippen molar-refractivity contribution in [2.24, 2.45) is 5.73 Å². The van der Waals surface area contributed by atoms with Crippen molar-refractivity contribution in [3.8, 4) is 5.82 Å². The van der Waals surface area contributed by atoms with E-state index in [1.54, 1.807) is 36.5 Å². The van der Waals surface area contributed by atoms with Crippen LogP contribution in [0.5, 0.6) is 0 Å². The molecule has 3 aromatic rings. The number of imidazole rings is 1. The number of hydrogen-bond donors (Lipinski definition) is 1. The Morgan fingerprint density at radius 1 is 1.25 bits per heavy atom. The minimum atomic E-state index is -0.453. The van der Waals surface area contributed by atoms with Gasteiger partial charge in [-0.15, -0.1) is 0 Å². The van der Waals surface area contributed by atoms with E-state index in [1.807, 2.05) is 12.3 Å². The molecule has 3 heterocycles. The van der Waals surface area contributed by atoms with Crippen LogP contribution >= 0.6 is 0 Å². The maximum Gasteiger partial charge on any atom is 0.251 e. The summed E-state index contributed by atoms with van der Waals surface area (Å²) in [4.78, 5) is 20.9. The number of amides is 1. The van der Waals surface area contributed by atoms with Crippen molar-refractivity contribution < 1.29 is 14.3 Å². The smallest absolute Gasteiger partial charge is 0.251 e. The highest BCUT2D eigenvalue weighted by molar-refractivity contribution is 6.04. The number of primary amides is 1. The van der Waals surface area contributed by atoms with Gasteiger partial charge in [-0.2, -0.15) is 0 Å². The zero-order chi connectivity index (χ0) is 19.5. The summed E-state index contributed by atoms with van der Waals surface area (Å²) in [7, 11) is 1.68. The summed E-state index contributed by atoms with van der Waals surface area (Å²) < 4.78 is 14.8. The molecule has 1 saturated carbocycles. The van der Waals surface area contributed by atoms with Gasteiger partial charge in [-0.05, 0) is 37.8 Å². The van der Waals surface area contributed by atoms with Crippen molar-refractivity contribution >= 4 is 16.9 Å². The van der Waals surface area contributed by atoms with Crippen LogP contribution in [0.15, 0.2) is 37.1 Å². The zero-order valence-corrected chi connectivity index (χ0v) is 16.0. The molecule has 1 amide bonds. The number of pyridine rings is 1. The lowest BCUT2D eigenvalue weighted by Gasteiger charge is -2.30. The summed E-state index contributed by atoms with van der Waals surface area (Å²) in [6.07, 6.45) is 11.4. The standard InChI is InChI=1S/C20H25N5O3/c1-27-10-11-28-15-4-2-14(3-5-15)25-8-6-17-19(25)16(20(21)26)12-18(23-17)24-9-7-22-13-24/h6-9,12-15H,2-5,10-11H2,1H3,(H2,21,26). The van der Waals surface area contributed by atoms with Crippen molar-refractivity contribution in [2.75, 3.05) is 20.3 Å². The van der Waals surface area contributed by atoms with Gasteiger partial charge >= 0.3 is 0 Å². The van der Waals surface area contributed by atoms with Gasteiger partial charge in [-0.3, -0.25) is 9.36 Å². The highest BCUT2D eigenvalue weighted by Crippen LogP contribution is 2.34. The lowest BCUT2D eigenvalue weighted by molar-refractivity contribution is -0.00619. The molecule has 1 fully saturated rings. The highest BCUT2D eigenvalue weighted by Gasteiger charge is 2.25. The van der Waals surface area contributed by atoms with E-state index in [0.717, 1.165) is 36.7 Å². The summed E-state index contributed by atoms with van der Waals surface area (Å²) in [5, 5.41) is 0. The summed E-state index contributed by atoms with van der Waals surface area (Å²) in [5.41, 5.74) is 7.76. The number of carbonyl (C=O) groups is 1. The number of fused-ring (bicyclic) bond motifs is 1. The van der Waals surface area contributed by atoms with Crippen molar-refractivity contribution in [1.82, 2.24) is 19.1 Å². The van der Waals surface area contributed by atoms with Crippen LogP contribution < -0.4 is 5.73 Å². The van der Waals surface area contributed by atoms with Gasteiger partial charge in [0, 0.05) is 31.7 Å². The van der Waals surface area contributed by atoms with Crippen LogP contribution in [0.4, 0.5) is 0 Å². The largest absolute Gasteiger partial charge is 0.382 e. The molecule has 8 heteroatoms. The van der Waals surface area contributed by atoms with Crippen LogP contribution in [0.3, 0.4) is 0 Å². The Kier molecular flexibility index (Phi) is 5.40. The Morgan fingerprint density at radius 2 is 2.07 bits per heavy atom. The predicted octanol–water partition coefficient (Wildman–Crippen LogP) is 2.47. The quantitative estimate of drug-likeness (QED) is 0.632. The SMILES string of the molecule is COCCOC1CCC(n2ccc3nc(-n4ccnc4)cc(C(N)=O)c32)CC1. The molecule has 0 saturated heterocycles. The van der Waals surface area contributed by atoms with Crippen LogP contribution in [0.1, 0.15) is 42.1 Å². The third-order valence-electron chi connectivity index (χ3n) is 5.37. The number of methoxy groups -OCH3 is 1. The Labute approximate surface area is 163 Å². The summed E-state index contributed by atoms with van der Waals surface area (Å²) in [6.45, 7) is 1.25. The first-order chi connectivity index (χ1) is 13.7. The van der Waals surface area contributed by atoms with Crippen molar-refractivity contribution in [1.29, 1.82) is 0 Å². The van der Waals surface area contributed by atoms with Gasteiger partial charge in [0.15, 0.2) is 0 Å². The van der Waals surface area contributed by atoms with Gasteiger partial charge in [0.1, 0.15) is 12.1 Å². The molecule has 1 aliphatic carbocycles. The first kappa shape index (κ1) is 18.6. The molecule has 0 spiro atoms. The molecule has 148 valence electrons. The second kappa shape index (κ2) is 8.12. The number of carbonyl (C=O) groups excluding carboxylic acids is 1. The van der Waals surface area contributed by atoms with E-state index in [0.29, 0.717) is 30.6 Å². The molecular formula is C20H25N5O3. The molecule has 0 radical (unpaired) electrons. The fourth-order valence-corrected chi connectivity index (χ4v) is 3.96. The summed E-state index contributed by atoms with van der Waals surface area (Å²) >= 11 is 0. The zero-order valence-electron chi connectivity index (χ0n) is 16.0. The predicted molar refractivity (Wildman–Crippen MR) is 104 cm³/mol. The first-order valence-corrected chi connectivity index (χ1v) is 9.57. The lowest BCUT2D eigenvalue weighted by atomic mass is 9.92. The second-order valence-electron chi connectivity index (χ2n) is 7.11. The lowest BCUT2D eigenvalue weighted by Crippen LogP contribution is -2.25. The van der Waals surface area contributed by atoms with Crippen molar-refractivity contribution in [3.05, 3.63) is 42.6 Å². The first-order valence-electron chi connectivity index (χ1n) is 9.57. The highest BCUT2D eigenvalue weighted by atomic mass is 16.5. The summed E-state index contributed by atoms with van der Waals surface area (Å²) in [6, 6.07) is 3.99. The number of ether oxygens (including phenoxy) is 2. The molecule has 0 aromatic carbocycles. The number of hydrogen-bond acceptors (Lipinski definition) is 5. The van der Waals surface area contributed by atoms with Gasteiger partial charge < -0.3 is 19.8 Å². The molecule has 2 N–H and O–H groups in total. The fourth-order valence-electron chi connectivity index (χ4n) is 3.96. The monoisotopic (exact) mass is 383 g/mol. The molecule has 4 rings (SSSR count). The van der Waals surface area contributed by atoms with E-state index in [4.69, 9.17) is 20.2 Å². The maximum atomic E-state index is 12.2. The van der Waals surface area contributed by atoms with Gasteiger partial charge in [0.2, 0.25) is 0 Å². The van der Waals surface area contributed by atoms with E-state index >= 15 is 0 Å². The molecule has 0 atom stereocenters. The van der Waals surface area contributed by atoms with Gasteiger partial charge in [-0.1, -0.05) is 0 Å². The van der Waals surface area contributed by atoms with Crippen LogP contribution in [0.25, 0.3) is 16.9 Å². The van der Waals surface area contributed by atoms with Gasteiger partial charge in [0.25, 0.3) is 5.91 Å². The third kappa shape index (κ3) is 3.65. The molecule has 8 nitrogen and oxygen atoms in total. The Morgan fingerprint density at radius 3 is 2.75 bits per heavy atom. The average Bonchev–Trinajstić information content (AvgIpc) is 3.38. The number of nitrogens with zero attached hydrogens (tertiary/aromatic N) is 4. The number of aromatic nitrogens is 4. The van der Waals surface area contributed by atoms with Crippen molar-refractivity contribution in [3.63, 3.8) is 0 Å². The van der Waals surface area contributed by atoms with E-state index in [9.17, 15) is 4.79 Å². The van der Waals surface area contributed by atoms with Gasteiger partial charge in [0.05, 0.1) is 35.9 Å². The normalized spacial score (nSPS) is 19.9. The minimum Gasteiger partial charge on any atom is -0.382 e. The molecule has 28 heavy (non-hydrogen) atoms. The minimum absolute atomic E-state index is 0.273. The summed E-state index contributed by atoms with van der Waals surface area (Å²) in [5.74, 6) is 0.178. The molecular weight excluding hydrogens is 358 g/mol. The topological polar surface area (TPSA) is 97.2 Å². The van der Waals surface area contributed by atoms with Crippen LogP contribution in [-0.4, -0.2) is 51.4 Å². The van der Waals surface area contributed by atoms with Crippen molar-refractivity contribution in [2.45, 2.75) is 37.8 Å². The molecule has 0 aliphatic heterocycles. The maximum absolute atomic E-state index is 12.2. The molecule has 0 bridgehead atoms. The molecule has 3 aromatic heterocycles. The average molecular weight is 383 g/mol. The van der Waals surface area contributed by atoms with E-state index in [1.165, 1.54) is 0 Å². The molecule has 1 aliphatic rings. The number of nitrogens with two attached hydrogens (primary N) is 1. The fraction of sp³-hybridized carbons (Fsp3) is 0.450. The van der Waals surface area contributed by atoms with Crippen LogP contribution in [-0.2, 0) is 9.47 Å². The Balaban J connectivity index is 1.60. The third-order valence-corrected chi connectivity index (χ3v) is 5.37.